The molecule has 1 aliphatic carbocycles. The first-order valence-electron chi connectivity index (χ1n) is 6.08. The van der Waals surface area contributed by atoms with E-state index < -0.39 is 0 Å². The zero-order valence-corrected chi connectivity index (χ0v) is 10.9. The van der Waals surface area contributed by atoms with Gasteiger partial charge in [-0.25, -0.2) is 4.39 Å². The van der Waals surface area contributed by atoms with Crippen LogP contribution in [-0.4, -0.2) is 16.1 Å². The lowest BCUT2D eigenvalue weighted by Gasteiger charge is -2.01. The van der Waals surface area contributed by atoms with Gasteiger partial charge in [-0.05, 0) is 30.5 Å². The van der Waals surface area contributed by atoms with Crippen LogP contribution >= 0.6 is 11.3 Å². The van der Waals surface area contributed by atoms with E-state index in [-0.39, 0.29) is 18.1 Å². The number of aromatic nitrogens is 2. The van der Waals surface area contributed by atoms with Crippen molar-refractivity contribution < 1.29 is 9.18 Å². The molecule has 0 unspecified atom stereocenters. The van der Waals surface area contributed by atoms with E-state index in [0.717, 1.165) is 23.4 Å². The molecule has 1 aromatic heterocycles. The average molecular weight is 277 g/mol. The smallest absolute Gasteiger partial charge is 0.230 e. The number of hydrogen-bond acceptors (Lipinski definition) is 4. The molecule has 19 heavy (non-hydrogen) atoms. The number of carbonyl (C=O) groups excluding carboxylic acids is 1. The van der Waals surface area contributed by atoms with Crippen molar-refractivity contribution in [3.8, 4) is 0 Å². The molecule has 1 heterocycles. The Bertz CT molecular complexity index is 592. The van der Waals surface area contributed by atoms with Crippen LogP contribution < -0.4 is 5.32 Å². The second-order valence-electron chi connectivity index (χ2n) is 4.57. The van der Waals surface area contributed by atoms with Gasteiger partial charge in [0.25, 0.3) is 0 Å². The van der Waals surface area contributed by atoms with Crippen LogP contribution in [0.3, 0.4) is 0 Å². The van der Waals surface area contributed by atoms with Crippen LogP contribution in [-0.2, 0) is 11.2 Å². The fourth-order valence-electron chi connectivity index (χ4n) is 1.73. The maximum absolute atomic E-state index is 12.7. The summed E-state index contributed by atoms with van der Waals surface area (Å²) in [5.41, 5.74) is 0.769. The van der Waals surface area contributed by atoms with Crippen molar-refractivity contribution in [1.29, 1.82) is 0 Å². The highest BCUT2D eigenvalue weighted by Crippen LogP contribution is 2.42. The summed E-state index contributed by atoms with van der Waals surface area (Å²) in [6, 6.07) is 5.90. The summed E-state index contributed by atoms with van der Waals surface area (Å²) in [5.74, 6) is 0.0766. The van der Waals surface area contributed by atoms with Gasteiger partial charge in [0.2, 0.25) is 11.0 Å². The Morgan fingerprint density at radius 2 is 2.05 bits per heavy atom. The fraction of sp³-hybridized carbons (Fsp3) is 0.308. The van der Waals surface area contributed by atoms with E-state index in [2.05, 4.69) is 15.5 Å². The maximum atomic E-state index is 12.7. The normalized spacial score (nSPS) is 14.4. The third kappa shape index (κ3) is 3.14. The summed E-state index contributed by atoms with van der Waals surface area (Å²) < 4.78 is 12.7. The topological polar surface area (TPSA) is 54.9 Å². The summed E-state index contributed by atoms with van der Waals surface area (Å²) >= 11 is 1.43. The van der Waals surface area contributed by atoms with E-state index >= 15 is 0 Å². The van der Waals surface area contributed by atoms with E-state index in [4.69, 9.17) is 0 Å². The molecule has 1 N–H and O–H groups in total. The Labute approximate surface area is 113 Å². The minimum absolute atomic E-state index is 0.162. The molecule has 0 radical (unpaired) electrons. The lowest BCUT2D eigenvalue weighted by Crippen LogP contribution is -2.14. The highest BCUT2D eigenvalue weighted by atomic mass is 32.1. The minimum Gasteiger partial charge on any atom is -0.300 e. The van der Waals surface area contributed by atoms with Gasteiger partial charge in [-0.1, -0.05) is 23.5 Å². The highest BCUT2D eigenvalue weighted by Gasteiger charge is 2.27. The first kappa shape index (κ1) is 12.2. The Kier molecular flexibility index (Phi) is 3.25. The molecule has 4 nitrogen and oxygen atoms in total. The zero-order chi connectivity index (χ0) is 13.2. The predicted molar refractivity (Wildman–Crippen MR) is 70.6 cm³/mol. The number of rotatable bonds is 4. The molecule has 98 valence electrons. The lowest BCUT2D eigenvalue weighted by molar-refractivity contribution is -0.115. The van der Waals surface area contributed by atoms with Gasteiger partial charge in [-0.3, -0.25) is 4.79 Å². The number of anilines is 1. The second kappa shape index (κ2) is 5.05. The Balaban J connectivity index is 1.59. The Morgan fingerprint density at radius 1 is 1.32 bits per heavy atom. The van der Waals surface area contributed by atoms with Crippen LogP contribution in [0, 0.1) is 5.82 Å². The first-order valence-corrected chi connectivity index (χ1v) is 6.90. The molecule has 0 atom stereocenters. The van der Waals surface area contributed by atoms with Crippen LogP contribution in [0.5, 0.6) is 0 Å². The summed E-state index contributed by atoms with van der Waals surface area (Å²) in [4.78, 5) is 11.8. The van der Waals surface area contributed by atoms with E-state index in [0.29, 0.717) is 11.0 Å². The van der Waals surface area contributed by atoms with Crippen molar-refractivity contribution in [2.45, 2.75) is 25.2 Å². The largest absolute Gasteiger partial charge is 0.300 e. The molecule has 2 aromatic rings. The van der Waals surface area contributed by atoms with Gasteiger partial charge >= 0.3 is 0 Å². The highest BCUT2D eigenvalue weighted by molar-refractivity contribution is 7.15. The first-order chi connectivity index (χ1) is 9.20. The lowest BCUT2D eigenvalue weighted by atomic mass is 10.1. The molecular weight excluding hydrogens is 265 g/mol. The van der Waals surface area contributed by atoms with Crippen LogP contribution in [0.25, 0.3) is 0 Å². The summed E-state index contributed by atoms with van der Waals surface area (Å²) in [5, 5.41) is 12.3. The van der Waals surface area contributed by atoms with E-state index in [1.807, 2.05) is 0 Å². The molecule has 1 aliphatic rings. The Morgan fingerprint density at radius 3 is 2.74 bits per heavy atom. The molecule has 0 saturated heterocycles. The van der Waals surface area contributed by atoms with Gasteiger partial charge in [0, 0.05) is 5.92 Å². The van der Waals surface area contributed by atoms with Crippen LogP contribution in [0.2, 0.25) is 0 Å². The molecule has 1 fully saturated rings. The van der Waals surface area contributed by atoms with Crippen molar-refractivity contribution >= 4 is 22.4 Å². The molecule has 6 heteroatoms. The van der Waals surface area contributed by atoms with Crippen LogP contribution in [0.1, 0.15) is 29.3 Å². The predicted octanol–water partition coefficient (Wildman–Crippen LogP) is 2.74. The monoisotopic (exact) mass is 277 g/mol. The third-order valence-electron chi connectivity index (χ3n) is 2.89. The number of benzene rings is 1. The number of carbonyl (C=O) groups is 1. The second-order valence-corrected chi connectivity index (χ2v) is 5.58. The molecule has 0 spiro atoms. The van der Waals surface area contributed by atoms with E-state index in [1.165, 1.54) is 23.5 Å². The standard InChI is InChI=1S/C13H12FN3OS/c14-10-5-1-8(2-6-10)7-11(18)15-13-17-16-12(19-13)9-3-4-9/h1-2,5-6,9H,3-4,7H2,(H,15,17,18). The van der Waals surface area contributed by atoms with Crippen molar-refractivity contribution in [3.63, 3.8) is 0 Å². The Hall–Kier alpha value is -1.82. The number of hydrogen-bond donors (Lipinski definition) is 1. The van der Waals surface area contributed by atoms with Gasteiger partial charge in [0.1, 0.15) is 10.8 Å². The number of nitrogens with one attached hydrogen (secondary N) is 1. The quantitative estimate of drug-likeness (QED) is 0.935. The van der Waals surface area contributed by atoms with E-state index in [9.17, 15) is 9.18 Å². The van der Waals surface area contributed by atoms with Crippen molar-refractivity contribution in [2.75, 3.05) is 5.32 Å². The maximum Gasteiger partial charge on any atom is 0.230 e. The van der Waals surface area contributed by atoms with Crippen LogP contribution in [0.15, 0.2) is 24.3 Å². The average Bonchev–Trinajstić information content (AvgIpc) is 3.14. The van der Waals surface area contributed by atoms with Crippen molar-refractivity contribution in [3.05, 3.63) is 40.7 Å². The molecule has 1 amide bonds. The van der Waals surface area contributed by atoms with Gasteiger partial charge in [-0.2, -0.15) is 0 Å². The van der Waals surface area contributed by atoms with Gasteiger partial charge < -0.3 is 5.32 Å². The van der Waals surface area contributed by atoms with Gasteiger partial charge in [0.15, 0.2) is 0 Å². The summed E-state index contributed by atoms with van der Waals surface area (Å²) in [7, 11) is 0. The summed E-state index contributed by atoms with van der Waals surface area (Å²) in [6.07, 6.45) is 2.54. The number of nitrogens with zero attached hydrogens (tertiary/aromatic N) is 2. The minimum atomic E-state index is -0.303. The molecule has 1 aromatic carbocycles. The number of halogens is 1. The van der Waals surface area contributed by atoms with Gasteiger partial charge in [0.05, 0.1) is 6.42 Å². The SMILES string of the molecule is O=C(Cc1ccc(F)cc1)Nc1nnc(C2CC2)s1. The fourth-order valence-corrected chi connectivity index (χ4v) is 2.66. The van der Waals surface area contributed by atoms with Crippen LogP contribution in [0.4, 0.5) is 9.52 Å². The molecule has 3 rings (SSSR count). The molecule has 0 aliphatic heterocycles. The van der Waals surface area contributed by atoms with E-state index in [1.54, 1.807) is 12.1 Å². The van der Waals surface area contributed by atoms with Crippen molar-refractivity contribution in [2.24, 2.45) is 0 Å². The molecular formula is C13H12FN3OS. The number of amides is 1. The summed E-state index contributed by atoms with van der Waals surface area (Å²) in [6.45, 7) is 0. The molecule has 1 saturated carbocycles. The van der Waals surface area contributed by atoms with Gasteiger partial charge in [-0.15, -0.1) is 10.2 Å². The van der Waals surface area contributed by atoms with Crippen molar-refractivity contribution in [1.82, 2.24) is 10.2 Å². The third-order valence-corrected chi connectivity index (χ3v) is 3.89. The molecule has 0 bridgehead atoms. The zero-order valence-electron chi connectivity index (χ0n) is 10.1.